The number of nitrogens with one attached hydrogen (secondary N) is 1. The zero-order valence-electron chi connectivity index (χ0n) is 13.7. The van der Waals surface area contributed by atoms with Crippen molar-refractivity contribution in [2.75, 3.05) is 18.6 Å². The van der Waals surface area contributed by atoms with Crippen molar-refractivity contribution < 1.29 is 17.9 Å². The summed E-state index contributed by atoms with van der Waals surface area (Å²) in [7, 11) is -1.27. The summed E-state index contributed by atoms with van der Waals surface area (Å²) in [5, 5.41) is 2.97. The first-order chi connectivity index (χ1) is 10.9. The van der Waals surface area contributed by atoms with Crippen molar-refractivity contribution in [2.45, 2.75) is 38.6 Å². The largest absolute Gasteiger partial charge is 0.497 e. The number of sulfone groups is 1. The van der Waals surface area contributed by atoms with Gasteiger partial charge in [0.25, 0.3) is 0 Å². The van der Waals surface area contributed by atoms with Crippen molar-refractivity contribution in [2.24, 2.45) is 5.92 Å². The first-order valence-corrected chi connectivity index (χ1v) is 9.83. The zero-order valence-corrected chi connectivity index (χ0v) is 14.6. The van der Waals surface area contributed by atoms with Gasteiger partial charge in [0.15, 0.2) is 9.84 Å². The highest BCUT2D eigenvalue weighted by molar-refractivity contribution is 7.91. The number of carbonyl (C=O) groups excluding carboxylic acids is 1. The molecule has 1 N–H and O–H groups in total. The van der Waals surface area contributed by atoms with E-state index in [0.29, 0.717) is 12.8 Å². The average Bonchev–Trinajstić information content (AvgIpc) is 2.84. The van der Waals surface area contributed by atoms with E-state index in [2.05, 4.69) is 5.32 Å². The van der Waals surface area contributed by atoms with Crippen molar-refractivity contribution in [3.8, 4) is 5.75 Å². The summed E-state index contributed by atoms with van der Waals surface area (Å²) in [5.41, 5.74) is 1.20. The molecule has 0 unspecified atom stereocenters. The van der Waals surface area contributed by atoms with Gasteiger partial charge in [-0.2, -0.15) is 0 Å². The summed E-state index contributed by atoms with van der Waals surface area (Å²) in [6.07, 6.45) is 2.65. The molecule has 1 heterocycles. The Hall–Kier alpha value is -1.56. The van der Waals surface area contributed by atoms with E-state index >= 15 is 0 Å². The number of rotatable bonds is 7. The second-order valence-electron chi connectivity index (χ2n) is 6.33. The van der Waals surface area contributed by atoms with Crippen LogP contribution in [0.3, 0.4) is 0 Å². The zero-order chi connectivity index (χ0) is 16.9. The van der Waals surface area contributed by atoms with Gasteiger partial charge < -0.3 is 10.1 Å². The summed E-state index contributed by atoms with van der Waals surface area (Å²) >= 11 is 0. The molecule has 128 valence electrons. The van der Waals surface area contributed by atoms with Crippen LogP contribution in [0.2, 0.25) is 0 Å². The van der Waals surface area contributed by atoms with E-state index in [1.54, 1.807) is 7.11 Å². The molecule has 1 saturated heterocycles. The quantitative estimate of drug-likeness (QED) is 0.824. The fraction of sp³-hybridized carbons (Fsp3) is 0.588. The second kappa shape index (κ2) is 7.81. The predicted octanol–water partition coefficient (Wildman–Crippen LogP) is 1.96. The van der Waals surface area contributed by atoms with Crippen molar-refractivity contribution in [3.05, 3.63) is 29.8 Å². The minimum absolute atomic E-state index is 0.0196. The molecular weight excluding hydrogens is 314 g/mol. The number of carbonyl (C=O) groups is 1. The van der Waals surface area contributed by atoms with Crippen LogP contribution in [0, 0.1) is 5.92 Å². The topological polar surface area (TPSA) is 72.5 Å². The van der Waals surface area contributed by atoms with Crippen LogP contribution in [0.4, 0.5) is 0 Å². The molecule has 0 aromatic heterocycles. The molecule has 23 heavy (non-hydrogen) atoms. The first-order valence-electron chi connectivity index (χ1n) is 8.00. The number of benzene rings is 1. The Labute approximate surface area is 138 Å². The van der Waals surface area contributed by atoms with E-state index in [4.69, 9.17) is 4.74 Å². The van der Waals surface area contributed by atoms with Gasteiger partial charge in [0, 0.05) is 12.5 Å². The molecule has 1 aliphatic rings. The maximum absolute atomic E-state index is 12.0. The normalized spacial score (nSPS) is 20.9. The van der Waals surface area contributed by atoms with E-state index in [0.717, 1.165) is 18.6 Å². The minimum atomic E-state index is -2.91. The standard InChI is InChI=1S/C17H25NO4S/c1-13(3-4-14-5-7-16(22-2)8-6-14)18-17(19)11-15-9-10-23(20,21)12-15/h5-8,13,15H,3-4,9-12H2,1-2H3,(H,18,19)/t13-,15+/m1/s1. The lowest BCUT2D eigenvalue weighted by Gasteiger charge is -2.15. The molecule has 1 aromatic rings. The van der Waals surface area contributed by atoms with Crippen molar-refractivity contribution in [3.63, 3.8) is 0 Å². The molecule has 0 bridgehead atoms. The van der Waals surface area contributed by atoms with E-state index in [-0.39, 0.29) is 29.4 Å². The first kappa shape index (κ1) is 17.8. The highest BCUT2D eigenvalue weighted by Gasteiger charge is 2.29. The summed E-state index contributed by atoms with van der Waals surface area (Å²) in [6.45, 7) is 1.98. The molecule has 0 aliphatic carbocycles. The monoisotopic (exact) mass is 339 g/mol. The Balaban J connectivity index is 1.71. The molecule has 0 saturated carbocycles. The lowest BCUT2D eigenvalue weighted by Crippen LogP contribution is -2.34. The van der Waals surface area contributed by atoms with Gasteiger partial charge in [-0.25, -0.2) is 8.42 Å². The number of hydrogen-bond donors (Lipinski definition) is 1. The Morgan fingerprint density at radius 1 is 1.35 bits per heavy atom. The highest BCUT2D eigenvalue weighted by Crippen LogP contribution is 2.21. The molecule has 1 fully saturated rings. The Kier molecular flexibility index (Phi) is 6.04. The van der Waals surface area contributed by atoms with E-state index in [9.17, 15) is 13.2 Å². The van der Waals surface area contributed by atoms with E-state index in [1.807, 2.05) is 31.2 Å². The van der Waals surface area contributed by atoms with E-state index < -0.39 is 9.84 Å². The summed E-state index contributed by atoms with van der Waals surface area (Å²) in [4.78, 5) is 12.0. The van der Waals surface area contributed by atoms with Crippen molar-refractivity contribution in [1.82, 2.24) is 5.32 Å². The van der Waals surface area contributed by atoms with Gasteiger partial charge in [0.2, 0.25) is 5.91 Å². The molecule has 0 spiro atoms. The van der Waals surface area contributed by atoms with Crippen LogP contribution in [0.1, 0.15) is 31.7 Å². The summed E-state index contributed by atoms with van der Waals surface area (Å²) in [6, 6.07) is 7.98. The predicted molar refractivity (Wildman–Crippen MR) is 90.3 cm³/mol. The molecule has 6 heteroatoms. The van der Waals surface area contributed by atoms with E-state index in [1.165, 1.54) is 5.56 Å². The molecule has 5 nitrogen and oxygen atoms in total. The molecule has 1 aliphatic heterocycles. The van der Waals surface area contributed by atoms with Gasteiger partial charge in [0.05, 0.1) is 18.6 Å². The van der Waals surface area contributed by atoms with Crippen LogP contribution in [0.15, 0.2) is 24.3 Å². The Morgan fingerprint density at radius 3 is 2.61 bits per heavy atom. The molecular formula is C17H25NO4S. The van der Waals surface area contributed by atoms with Gasteiger partial charge in [0.1, 0.15) is 5.75 Å². The van der Waals surface area contributed by atoms with Gasteiger partial charge in [-0.05, 0) is 49.8 Å². The molecule has 0 radical (unpaired) electrons. The van der Waals surface area contributed by atoms with Crippen LogP contribution in [0.5, 0.6) is 5.75 Å². The third-order valence-corrected chi connectivity index (χ3v) is 6.07. The van der Waals surface area contributed by atoms with Crippen LogP contribution in [-0.4, -0.2) is 39.0 Å². The fourth-order valence-electron chi connectivity index (χ4n) is 2.88. The number of hydrogen-bond acceptors (Lipinski definition) is 4. The van der Waals surface area contributed by atoms with Gasteiger partial charge in [-0.1, -0.05) is 12.1 Å². The average molecular weight is 339 g/mol. The smallest absolute Gasteiger partial charge is 0.220 e. The lowest BCUT2D eigenvalue weighted by atomic mass is 10.0. The lowest BCUT2D eigenvalue weighted by molar-refractivity contribution is -0.122. The van der Waals surface area contributed by atoms with Crippen molar-refractivity contribution in [1.29, 1.82) is 0 Å². The molecule has 1 amide bonds. The third-order valence-electron chi connectivity index (χ3n) is 4.23. The number of aryl methyl sites for hydroxylation is 1. The molecule has 1 aromatic carbocycles. The maximum atomic E-state index is 12.0. The fourth-order valence-corrected chi connectivity index (χ4v) is 4.74. The van der Waals surface area contributed by atoms with Crippen molar-refractivity contribution >= 4 is 15.7 Å². The maximum Gasteiger partial charge on any atom is 0.220 e. The SMILES string of the molecule is COc1ccc(CC[C@@H](C)NC(=O)C[C@@H]2CCS(=O)(=O)C2)cc1. The Bertz CT molecular complexity index is 624. The number of methoxy groups -OCH3 is 1. The van der Waals surface area contributed by atoms with Crippen LogP contribution in [-0.2, 0) is 21.1 Å². The van der Waals surface area contributed by atoms with Crippen LogP contribution >= 0.6 is 0 Å². The van der Waals surface area contributed by atoms with Gasteiger partial charge in [-0.3, -0.25) is 4.79 Å². The Morgan fingerprint density at radius 2 is 2.04 bits per heavy atom. The molecule has 2 rings (SSSR count). The third kappa shape index (κ3) is 5.86. The van der Waals surface area contributed by atoms with Gasteiger partial charge in [-0.15, -0.1) is 0 Å². The highest BCUT2D eigenvalue weighted by atomic mass is 32.2. The van der Waals surface area contributed by atoms with Gasteiger partial charge >= 0.3 is 0 Å². The second-order valence-corrected chi connectivity index (χ2v) is 8.56. The number of ether oxygens (including phenoxy) is 1. The van der Waals surface area contributed by atoms with Crippen LogP contribution in [0.25, 0.3) is 0 Å². The van der Waals surface area contributed by atoms with Crippen LogP contribution < -0.4 is 10.1 Å². The summed E-state index contributed by atoms with van der Waals surface area (Å²) < 4.78 is 27.9. The summed E-state index contributed by atoms with van der Waals surface area (Å²) in [5.74, 6) is 1.14. The molecule has 2 atom stereocenters. The minimum Gasteiger partial charge on any atom is -0.497 e. The number of amides is 1.